The van der Waals surface area contributed by atoms with Gasteiger partial charge in [-0.3, -0.25) is 4.98 Å². The van der Waals surface area contributed by atoms with Gasteiger partial charge < -0.3 is 5.32 Å². The molecule has 2 rings (SSSR count). The molecule has 0 aliphatic carbocycles. The number of hydrogen-bond acceptors (Lipinski definition) is 3. The summed E-state index contributed by atoms with van der Waals surface area (Å²) in [6.45, 7) is 3.07. The Balaban J connectivity index is 2.10. The quantitative estimate of drug-likeness (QED) is 0.737. The Bertz CT molecular complexity index is 514. The van der Waals surface area contributed by atoms with Crippen LogP contribution >= 0.6 is 43.2 Å². The van der Waals surface area contributed by atoms with Crippen molar-refractivity contribution in [3.8, 4) is 0 Å². The van der Waals surface area contributed by atoms with E-state index in [9.17, 15) is 0 Å². The second-order valence-corrected chi connectivity index (χ2v) is 6.85. The molecule has 1 unspecified atom stereocenters. The number of hydrogen-bond donors (Lipinski definition) is 1. The van der Waals surface area contributed by atoms with E-state index in [0.717, 1.165) is 34.0 Å². The number of aromatic nitrogens is 1. The molecular formula is C14H16Br2N2S. The van der Waals surface area contributed by atoms with Crippen LogP contribution in [0.5, 0.6) is 0 Å². The summed E-state index contributed by atoms with van der Waals surface area (Å²) in [4.78, 5) is 4.54. The van der Waals surface area contributed by atoms with Gasteiger partial charge in [0, 0.05) is 15.1 Å². The van der Waals surface area contributed by atoms with Crippen molar-refractivity contribution in [1.82, 2.24) is 10.3 Å². The molecule has 0 aliphatic rings. The highest BCUT2D eigenvalue weighted by molar-refractivity contribution is 9.11. The summed E-state index contributed by atoms with van der Waals surface area (Å²) in [6.07, 6.45) is 3.98. The van der Waals surface area contributed by atoms with Gasteiger partial charge in [0.25, 0.3) is 0 Å². The SMILES string of the molecule is CCNC(CCc1ccsc1)c1ncc(Br)cc1Br. The third kappa shape index (κ3) is 4.38. The standard InChI is InChI=1S/C14H16Br2N2S/c1-2-17-13(4-3-10-5-6-19-9-10)14-12(16)7-11(15)8-18-14/h5-9,13,17H,2-4H2,1H3. The van der Waals surface area contributed by atoms with Gasteiger partial charge in [-0.15, -0.1) is 0 Å². The average Bonchev–Trinajstić information content (AvgIpc) is 2.88. The van der Waals surface area contributed by atoms with Crippen LogP contribution in [0.3, 0.4) is 0 Å². The molecule has 2 aromatic heterocycles. The smallest absolute Gasteiger partial charge is 0.0715 e. The van der Waals surface area contributed by atoms with Gasteiger partial charge in [0.05, 0.1) is 11.7 Å². The van der Waals surface area contributed by atoms with E-state index >= 15 is 0 Å². The van der Waals surface area contributed by atoms with Crippen LogP contribution in [0.25, 0.3) is 0 Å². The Morgan fingerprint density at radius 1 is 1.42 bits per heavy atom. The van der Waals surface area contributed by atoms with Gasteiger partial charge in [0.1, 0.15) is 0 Å². The van der Waals surface area contributed by atoms with E-state index in [0.29, 0.717) is 0 Å². The van der Waals surface area contributed by atoms with Crippen LogP contribution in [0.4, 0.5) is 0 Å². The molecule has 2 heterocycles. The molecule has 5 heteroatoms. The lowest BCUT2D eigenvalue weighted by Gasteiger charge is -2.18. The Hall–Kier alpha value is -0.230. The van der Waals surface area contributed by atoms with Crippen LogP contribution in [-0.4, -0.2) is 11.5 Å². The molecule has 0 radical (unpaired) electrons. The van der Waals surface area contributed by atoms with Crippen molar-refractivity contribution in [2.45, 2.75) is 25.8 Å². The molecule has 0 spiro atoms. The fraction of sp³-hybridized carbons (Fsp3) is 0.357. The fourth-order valence-corrected chi connectivity index (χ4v) is 3.98. The first-order valence-corrected chi connectivity index (χ1v) is 8.79. The summed E-state index contributed by atoms with van der Waals surface area (Å²) in [5.41, 5.74) is 2.49. The van der Waals surface area contributed by atoms with Crippen LogP contribution in [-0.2, 0) is 6.42 Å². The number of aryl methyl sites for hydroxylation is 1. The normalized spacial score (nSPS) is 12.6. The number of nitrogens with one attached hydrogen (secondary N) is 1. The third-order valence-electron chi connectivity index (χ3n) is 2.92. The highest BCUT2D eigenvalue weighted by atomic mass is 79.9. The molecule has 1 N–H and O–H groups in total. The Kier molecular flexibility index (Phi) is 6.01. The maximum Gasteiger partial charge on any atom is 0.0715 e. The lowest BCUT2D eigenvalue weighted by atomic mass is 10.0. The second-order valence-electron chi connectivity index (χ2n) is 4.30. The predicted molar refractivity (Wildman–Crippen MR) is 88.7 cm³/mol. The Morgan fingerprint density at radius 2 is 2.26 bits per heavy atom. The van der Waals surface area contributed by atoms with Crippen molar-refractivity contribution < 1.29 is 0 Å². The van der Waals surface area contributed by atoms with Crippen molar-refractivity contribution in [2.75, 3.05) is 6.54 Å². The van der Waals surface area contributed by atoms with Gasteiger partial charge in [-0.05, 0) is 79.7 Å². The zero-order chi connectivity index (χ0) is 13.7. The van der Waals surface area contributed by atoms with Crippen molar-refractivity contribution in [3.63, 3.8) is 0 Å². The number of halogens is 2. The molecule has 0 aromatic carbocycles. The van der Waals surface area contributed by atoms with Crippen LogP contribution in [0.2, 0.25) is 0 Å². The molecule has 1 atom stereocenters. The van der Waals surface area contributed by atoms with Crippen LogP contribution < -0.4 is 5.32 Å². The van der Waals surface area contributed by atoms with Crippen LogP contribution in [0.15, 0.2) is 38.0 Å². The molecule has 0 aliphatic heterocycles. The molecular weight excluding hydrogens is 388 g/mol. The Morgan fingerprint density at radius 3 is 2.89 bits per heavy atom. The molecule has 0 bridgehead atoms. The first-order chi connectivity index (χ1) is 9.20. The first-order valence-electron chi connectivity index (χ1n) is 6.26. The fourth-order valence-electron chi connectivity index (χ4n) is 2.01. The maximum atomic E-state index is 4.54. The predicted octanol–water partition coefficient (Wildman–Crippen LogP) is 4.95. The van der Waals surface area contributed by atoms with Gasteiger partial charge >= 0.3 is 0 Å². The van der Waals surface area contributed by atoms with Crippen molar-refractivity contribution >= 4 is 43.2 Å². The molecule has 0 saturated heterocycles. The average molecular weight is 404 g/mol. The molecule has 19 heavy (non-hydrogen) atoms. The highest BCUT2D eigenvalue weighted by Crippen LogP contribution is 2.27. The minimum Gasteiger partial charge on any atom is -0.309 e. The van der Waals surface area contributed by atoms with E-state index in [1.165, 1.54) is 5.56 Å². The largest absolute Gasteiger partial charge is 0.309 e. The molecule has 0 fully saturated rings. The molecule has 0 saturated carbocycles. The zero-order valence-electron chi connectivity index (χ0n) is 10.7. The van der Waals surface area contributed by atoms with Crippen molar-refractivity contribution in [1.29, 1.82) is 0 Å². The second kappa shape index (κ2) is 7.53. The Labute approximate surface area is 134 Å². The maximum absolute atomic E-state index is 4.54. The summed E-state index contributed by atoms with van der Waals surface area (Å²) >= 11 is 8.80. The minimum absolute atomic E-state index is 0.285. The van der Waals surface area contributed by atoms with Crippen LogP contribution in [0, 0.1) is 0 Å². The van der Waals surface area contributed by atoms with E-state index in [-0.39, 0.29) is 6.04 Å². The highest BCUT2D eigenvalue weighted by Gasteiger charge is 2.15. The summed E-state index contributed by atoms with van der Waals surface area (Å²) in [5, 5.41) is 7.86. The number of pyridine rings is 1. The summed E-state index contributed by atoms with van der Waals surface area (Å²) in [5.74, 6) is 0. The van der Waals surface area contributed by atoms with Gasteiger partial charge in [0.2, 0.25) is 0 Å². The van der Waals surface area contributed by atoms with E-state index < -0.39 is 0 Å². The van der Waals surface area contributed by atoms with Gasteiger partial charge in [-0.25, -0.2) is 0 Å². The molecule has 2 nitrogen and oxygen atoms in total. The summed E-state index contributed by atoms with van der Waals surface area (Å²) in [7, 11) is 0. The molecule has 2 aromatic rings. The van der Waals surface area contributed by atoms with Crippen molar-refractivity contribution in [2.24, 2.45) is 0 Å². The van der Waals surface area contributed by atoms with E-state index in [1.54, 1.807) is 11.3 Å². The number of thiophene rings is 1. The third-order valence-corrected chi connectivity index (χ3v) is 4.72. The van der Waals surface area contributed by atoms with E-state index in [1.807, 2.05) is 6.20 Å². The van der Waals surface area contributed by atoms with Crippen LogP contribution in [0.1, 0.15) is 30.6 Å². The monoisotopic (exact) mass is 402 g/mol. The lowest BCUT2D eigenvalue weighted by Crippen LogP contribution is -2.22. The number of nitrogens with zero attached hydrogens (tertiary/aromatic N) is 1. The summed E-state index contributed by atoms with van der Waals surface area (Å²) in [6, 6.07) is 4.53. The lowest BCUT2D eigenvalue weighted by molar-refractivity contribution is 0.502. The first kappa shape index (κ1) is 15.2. The van der Waals surface area contributed by atoms with Crippen molar-refractivity contribution in [3.05, 3.63) is 49.3 Å². The van der Waals surface area contributed by atoms with E-state index in [4.69, 9.17) is 0 Å². The number of rotatable bonds is 6. The van der Waals surface area contributed by atoms with Gasteiger partial charge in [-0.2, -0.15) is 11.3 Å². The molecule has 0 amide bonds. The zero-order valence-corrected chi connectivity index (χ0v) is 14.7. The topological polar surface area (TPSA) is 24.9 Å². The van der Waals surface area contributed by atoms with Gasteiger partial charge in [0.15, 0.2) is 0 Å². The minimum atomic E-state index is 0.285. The van der Waals surface area contributed by atoms with E-state index in [2.05, 4.69) is 72.0 Å². The summed E-state index contributed by atoms with van der Waals surface area (Å²) < 4.78 is 2.05. The van der Waals surface area contributed by atoms with Gasteiger partial charge in [-0.1, -0.05) is 6.92 Å². The molecule has 102 valence electrons.